The molecule has 0 aromatic rings. The second-order valence-corrected chi connectivity index (χ2v) is 4.06. The Bertz CT molecular complexity index is 281. The Balaban J connectivity index is 3.08. The molecule has 5 heteroatoms. The summed E-state index contributed by atoms with van der Waals surface area (Å²) in [6.45, 7) is 3.55. The Hall–Kier alpha value is -0.970. The van der Waals surface area contributed by atoms with Crippen LogP contribution in [0.4, 0.5) is 8.78 Å². The Morgan fingerprint density at radius 2 is 2.27 bits per heavy atom. The maximum atomic E-state index is 13.6. The van der Waals surface area contributed by atoms with E-state index in [1.807, 2.05) is 0 Å². The van der Waals surface area contributed by atoms with Crippen LogP contribution in [0.1, 0.15) is 12.8 Å². The van der Waals surface area contributed by atoms with E-state index in [-0.39, 0.29) is 13.0 Å². The lowest BCUT2D eigenvalue weighted by Crippen LogP contribution is -2.56. The Labute approximate surface area is 87.4 Å². The molecule has 1 aliphatic rings. The van der Waals surface area contributed by atoms with Gasteiger partial charge in [-0.05, 0) is 32.5 Å². The SMILES string of the molecule is C=CC(F)(F)C1(C(=O)O)CCCN(C)C1. The molecule has 15 heavy (non-hydrogen) atoms. The third-order valence-corrected chi connectivity index (χ3v) is 2.99. The van der Waals surface area contributed by atoms with Crippen LogP contribution in [-0.2, 0) is 4.79 Å². The fraction of sp³-hybridized carbons (Fsp3) is 0.700. The minimum atomic E-state index is -3.37. The first-order valence-corrected chi connectivity index (χ1v) is 4.79. The molecule has 1 rings (SSSR count). The average Bonchev–Trinajstić information content (AvgIpc) is 2.17. The number of hydrogen-bond acceptors (Lipinski definition) is 2. The summed E-state index contributed by atoms with van der Waals surface area (Å²) in [4.78, 5) is 12.7. The monoisotopic (exact) mass is 219 g/mol. The zero-order chi connectivity index (χ0) is 11.7. The molecule has 0 radical (unpaired) electrons. The van der Waals surface area contributed by atoms with Crippen LogP contribution in [0.25, 0.3) is 0 Å². The molecule has 0 amide bonds. The van der Waals surface area contributed by atoms with Crippen molar-refractivity contribution in [1.29, 1.82) is 0 Å². The zero-order valence-electron chi connectivity index (χ0n) is 8.67. The van der Waals surface area contributed by atoms with Gasteiger partial charge in [-0.1, -0.05) is 6.58 Å². The Morgan fingerprint density at radius 3 is 2.67 bits per heavy atom. The van der Waals surface area contributed by atoms with Gasteiger partial charge in [-0.15, -0.1) is 0 Å². The lowest BCUT2D eigenvalue weighted by atomic mass is 9.74. The van der Waals surface area contributed by atoms with Crippen molar-refractivity contribution in [2.75, 3.05) is 20.1 Å². The van der Waals surface area contributed by atoms with Gasteiger partial charge in [-0.2, -0.15) is 0 Å². The van der Waals surface area contributed by atoms with Crippen molar-refractivity contribution in [3.8, 4) is 0 Å². The molecule has 1 N–H and O–H groups in total. The number of alkyl halides is 2. The fourth-order valence-corrected chi connectivity index (χ4v) is 2.05. The van der Waals surface area contributed by atoms with Crippen molar-refractivity contribution in [3.63, 3.8) is 0 Å². The summed E-state index contributed by atoms with van der Waals surface area (Å²) in [5, 5.41) is 9.02. The molecule has 1 aliphatic heterocycles. The standard InChI is InChI=1S/C10H15F2NO2/c1-3-10(11,12)9(8(14)15)5-4-6-13(2)7-9/h3H,1,4-7H2,2H3,(H,14,15). The van der Waals surface area contributed by atoms with Gasteiger partial charge in [0.15, 0.2) is 0 Å². The van der Waals surface area contributed by atoms with Gasteiger partial charge < -0.3 is 10.0 Å². The topological polar surface area (TPSA) is 40.5 Å². The number of allylic oxidation sites excluding steroid dienone is 1. The minimum Gasteiger partial charge on any atom is -0.481 e. The highest BCUT2D eigenvalue weighted by Gasteiger charge is 2.58. The average molecular weight is 219 g/mol. The molecule has 1 fully saturated rings. The summed E-state index contributed by atoms with van der Waals surface area (Å²) in [5.74, 6) is -4.81. The van der Waals surface area contributed by atoms with E-state index in [9.17, 15) is 13.6 Å². The van der Waals surface area contributed by atoms with Crippen LogP contribution in [0.15, 0.2) is 12.7 Å². The van der Waals surface area contributed by atoms with E-state index in [0.29, 0.717) is 19.0 Å². The molecular weight excluding hydrogens is 204 g/mol. The molecule has 0 aliphatic carbocycles. The van der Waals surface area contributed by atoms with Gasteiger partial charge in [0.2, 0.25) is 0 Å². The van der Waals surface area contributed by atoms with Crippen LogP contribution in [0.3, 0.4) is 0 Å². The predicted molar refractivity (Wildman–Crippen MR) is 51.9 cm³/mol. The van der Waals surface area contributed by atoms with E-state index in [1.165, 1.54) is 0 Å². The maximum Gasteiger partial charge on any atom is 0.317 e. The number of rotatable bonds is 3. The van der Waals surface area contributed by atoms with Crippen molar-refractivity contribution in [3.05, 3.63) is 12.7 Å². The third kappa shape index (κ3) is 1.88. The number of halogens is 2. The fourth-order valence-electron chi connectivity index (χ4n) is 2.05. The van der Waals surface area contributed by atoms with Crippen LogP contribution < -0.4 is 0 Å². The zero-order valence-corrected chi connectivity index (χ0v) is 8.67. The van der Waals surface area contributed by atoms with Crippen LogP contribution in [0.5, 0.6) is 0 Å². The highest BCUT2D eigenvalue weighted by molar-refractivity contribution is 5.77. The molecule has 0 spiro atoms. The summed E-state index contributed by atoms with van der Waals surface area (Å²) < 4.78 is 27.2. The number of likely N-dealkylation sites (tertiary alicyclic amines) is 1. The molecule has 0 aromatic heterocycles. The summed E-state index contributed by atoms with van der Waals surface area (Å²) in [5.41, 5.74) is -2.01. The molecule has 0 aromatic carbocycles. The largest absolute Gasteiger partial charge is 0.481 e. The van der Waals surface area contributed by atoms with E-state index < -0.39 is 17.3 Å². The van der Waals surface area contributed by atoms with Crippen molar-refractivity contribution in [2.45, 2.75) is 18.8 Å². The normalized spacial score (nSPS) is 28.7. The Morgan fingerprint density at radius 1 is 1.67 bits per heavy atom. The first-order chi connectivity index (χ1) is 6.85. The highest BCUT2D eigenvalue weighted by Crippen LogP contribution is 2.44. The van der Waals surface area contributed by atoms with Gasteiger partial charge in [-0.25, -0.2) is 8.78 Å². The van der Waals surface area contributed by atoms with Gasteiger partial charge in [0, 0.05) is 6.54 Å². The van der Waals surface area contributed by atoms with E-state index in [0.717, 1.165) is 0 Å². The highest BCUT2D eigenvalue weighted by atomic mass is 19.3. The number of carboxylic acids is 1. The number of piperidine rings is 1. The van der Waals surface area contributed by atoms with Gasteiger partial charge in [0.1, 0.15) is 5.41 Å². The van der Waals surface area contributed by atoms with Gasteiger partial charge in [-0.3, -0.25) is 4.79 Å². The van der Waals surface area contributed by atoms with Crippen LogP contribution in [0, 0.1) is 5.41 Å². The minimum absolute atomic E-state index is 0.00824. The molecule has 1 atom stereocenters. The summed E-state index contributed by atoms with van der Waals surface area (Å²) in [7, 11) is 1.65. The lowest BCUT2D eigenvalue weighted by Gasteiger charge is -2.41. The Kier molecular flexibility index (Phi) is 3.13. The molecule has 1 saturated heterocycles. The summed E-state index contributed by atoms with van der Waals surface area (Å²) >= 11 is 0. The molecular formula is C10H15F2NO2. The van der Waals surface area contributed by atoms with Crippen molar-refractivity contribution in [1.82, 2.24) is 4.90 Å². The van der Waals surface area contributed by atoms with Crippen LogP contribution in [-0.4, -0.2) is 42.0 Å². The first-order valence-electron chi connectivity index (χ1n) is 4.79. The molecule has 0 saturated carbocycles. The van der Waals surface area contributed by atoms with E-state index in [4.69, 9.17) is 5.11 Å². The lowest BCUT2D eigenvalue weighted by molar-refractivity contribution is -0.177. The quantitative estimate of drug-likeness (QED) is 0.733. The van der Waals surface area contributed by atoms with E-state index in [2.05, 4.69) is 6.58 Å². The van der Waals surface area contributed by atoms with Gasteiger partial charge in [0.25, 0.3) is 5.92 Å². The molecule has 86 valence electrons. The molecule has 1 unspecified atom stereocenters. The summed E-state index contributed by atoms with van der Waals surface area (Å²) in [6.07, 6.45) is 0.901. The van der Waals surface area contributed by atoms with Crippen molar-refractivity contribution in [2.24, 2.45) is 5.41 Å². The second-order valence-electron chi connectivity index (χ2n) is 4.06. The number of carboxylic acid groups (broad SMARTS) is 1. The first kappa shape index (κ1) is 12.1. The van der Waals surface area contributed by atoms with Crippen LogP contribution in [0.2, 0.25) is 0 Å². The predicted octanol–water partition coefficient (Wildman–Crippen LogP) is 1.60. The third-order valence-electron chi connectivity index (χ3n) is 2.99. The maximum absolute atomic E-state index is 13.6. The number of carbonyl (C=O) groups is 1. The van der Waals surface area contributed by atoms with Crippen LogP contribution >= 0.6 is 0 Å². The van der Waals surface area contributed by atoms with Gasteiger partial charge in [0.05, 0.1) is 0 Å². The number of aliphatic carboxylic acids is 1. The van der Waals surface area contributed by atoms with Gasteiger partial charge >= 0.3 is 5.97 Å². The molecule has 1 heterocycles. The van der Waals surface area contributed by atoms with E-state index >= 15 is 0 Å². The van der Waals surface area contributed by atoms with E-state index in [1.54, 1.807) is 11.9 Å². The number of hydrogen-bond donors (Lipinski definition) is 1. The molecule has 0 bridgehead atoms. The smallest absolute Gasteiger partial charge is 0.317 e. The molecule has 3 nitrogen and oxygen atoms in total. The number of nitrogens with zero attached hydrogens (tertiary/aromatic N) is 1. The van der Waals surface area contributed by atoms with Crippen molar-refractivity contribution < 1.29 is 18.7 Å². The summed E-state index contributed by atoms with van der Waals surface area (Å²) in [6, 6.07) is 0. The van der Waals surface area contributed by atoms with Crippen molar-refractivity contribution >= 4 is 5.97 Å². The second kappa shape index (κ2) is 3.89.